The summed E-state index contributed by atoms with van der Waals surface area (Å²) in [6, 6.07) is 14.2. The average Bonchev–Trinajstić information content (AvgIpc) is 2.53. The number of rotatable bonds is 6. The first-order valence-corrected chi connectivity index (χ1v) is 7.66. The molecule has 1 amide bonds. The van der Waals surface area contributed by atoms with E-state index in [1.807, 2.05) is 24.3 Å². The Hall–Kier alpha value is -2.04. The molecule has 0 spiro atoms. The molecular formula is C18H20ClNO3. The highest BCUT2D eigenvalue weighted by molar-refractivity contribution is 6.30. The molecule has 2 aromatic carbocycles. The Kier molecular flexibility index (Phi) is 5.64. The first kappa shape index (κ1) is 17.3. The molecule has 23 heavy (non-hydrogen) atoms. The first-order chi connectivity index (χ1) is 10.9. The lowest BCUT2D eigenvalue weighted by molar-refractivity contribution is 0.0552. The fourth-order valence-corrected chi connectivity index (χ4v) is 2.44. The van der Waals surface area contributed by atoms with E-state index in [9.17, 15) is 9.90 Å². The molecule has 0 saturated heterocycles. The molecule has 4 nitrogen and oxygen atoms in total. The summed E-state index contributed by atoms with van der Waals surface area (Å²) in [5.41, 5.74) is 0.383. The van der Waals surface area contributed by atoms with Crippen molar-refractivity contribution in [2.45, 2.75) is 18.9 Å². The monoisotopic (exact) mass is 333 g/mol. The van der Waals surface area contributed by atoms with Crippen molar-refractivity contribution in [3.8, 4) is 5.75 Å². The minimum Gasteiger partial charge on any atom is -0.497 e. The molecule has 2 aromatic rings. The fourth-order valence-electron chi connectivity index (χ4n) is 2.25. The zero-order valence-corrected chi connectivity index (χ0v) is 13.9. The van der Waals surface area contributed by atoms with Crippen LogP contribution in [0.5, 0.6) is 5.75 Å². The number of ether oxygens (including phenoxy) is 1. The Morgan fingerprint density at radius 3 is 2.57 bits per heavy atom. The lowest BCUT2D eigenvalue weighted by Crippen LogP contribution is -2.42. The number of hydrogen-bond donors (Lipinski definition) is 2. The zero-order chi connectivity index (χ0) is 16.9. The molecule has 0 fully saturated rings. The van der Waals surface area contributed by atoms with Crippen molar-refractivity contribution in [2.75, 3.05) is 13.7 Å². The Balaban J connectivity index is 1.93. The van der Waals surface area contributed by atoms with Gasteiger partial charge in [-0.25, -0.2) is 0 Å². The third-order valence-electron chi connectivity index (χ3n) is 3.46. The van der Waals surface area contributed by atoms with Crippen LogP contribution in [0.4, 0.5) is 0 Å². The van der Waals surface area contributed by atoms with E-state index in [1.165, 1.54) is 0 Å². The molecule has 5 heteroatoms. The second kappa shape index (κ2) is 7.49. The molecular weight excluding hydrogens is 314 g/mol. The topological polar surface area (TPSA) is 58.6 Å². The van der Waals surface area contributed by atoms with Gasteiger partial charge in [-0.3, -0.25) is 4.79 Å². The highest BCUT2D eigenvalue weighted by Crippen LogP contribution is 2.17. The summed E-state index contributed by atoms with van der Waals surface area (Å²) in [6.07, 6.45) is 0.423. The Bertz CT molecular complexity index is 668. The molecule has 122 valence electrons. The third-order valence-corrected chi connectivity index (χ3v) is 3.70. The van der Waals surface area contributed by atoms with Gasteiger partial charge in [-0.05, 0) is 42.8 Å². The van der Waals surface area contributed by atoms with Crippen molar-refractivity contribution >= 4 is 17.5 Å². The number of methoxy groups -OCH3 is 1. The lowest BCUT2D eigenvalue weighted by Gasteiger charge is -2.24. The molecule has 0 bridgehead atoms. The van der Waals surface area contributed by atoms with Gasteiger partial charge in [-0.2, -0.15) is 0 Å². The van der Waals surface area contributed by atoms with Crippen molar-refractivity contribution in [1.29, 1.82) is 0 Å². The molecule has 0 aromatic heterocycles. The van der Waals surface area contributed by atoms with E-state index in [4.69, 9.17) is 16.3 Å². The van der Waals surface area contributed by atoms with Gasteiger partial charge in [0.2, 0.25) is 0 Å². The highest BCUT2D eigenvalue weighted by Gasteiger charge is 2.22. The van der Waals surface area contributed by atoms with Crippen LogP contribution in [0.2, 0.25) is 5.02 Å². The molecule has 1 atom stereocenters. The van der Waals surface area contributed by atoms with Crippen molar-refractivity contribution < 1.29 is 14.6 Å². The van der Waals surface area contributed by atoms with Gasteiger partial charge in [-0.15, -0.1) is 0 Å². The SMILES string of the molecule is COc1ccc(C[C@](C)(O)CNC(=O)c2cccc(Cl)c2)cc1. The Labute approximate surface area is 141 Å². The van der Waals surface area contributed by atoms with Crippen LogP contribution in [0.1, 0.15) is 22.8 Å². The van der Waals surface area contributed by atoms with E-state index in [2.05, 4.69) is 5.32 Å². The van der Waals surface area contributed by atoms with E-state index >= 15 is 0 Å². The minimum absolute atomic E-state index is 0.143. The van der Waals surface area contributed by atoms with Crippen LogP contribution in [-0.4, -0.2) is 30.3 Å². The summed E-state index contributed by atoms with van der Waals surface area (Å²) in [4.78, 5) is 12.1. The fraction of sp³-hybridized carbons (Fsp3) is 0.278. The standard InChI is InChI=1S/C18H20ClNO3/c1-18(22,11-13-6-8-16(23-2)9-7-13)12-20-17(21)14-4-3-5-15(19)10-14/h3-10,22H,11-12H2,1-2H3,(H,20,21)/t18-/m0/s1. The predicted octanol–water partition coefficient (Wildman–Crippen LogP) is 3.07. The Morgan fingerprint density at radius 1 is 1.26 bits per heavy atom. The molecule has 0 aliphatic rings. The molecule has 2 N–H and O–H groups in total. The van der Waals surface area contributed by atoms with Gasteiger partial charge >= 0.3 is 0 Å². The summed E-state index contributed by atoms with van der Waals surface area (Å²) >= 11 is 5.87. The van der Waals surface area contributed by atoms with Crippen molar-refractivity contribution in [1.82, 2.24) is 5.32 Å². The molecule has 0 saturated carbocycles. The quantitative estimate of drug-likeness (QED) is 0.854. The number of carbonyl (C=O) groups is 1. The number of amides is 1. The van der Waals surface area contributed by atoms with E-state index in [0.717, 1.165) is 11.3 Å². The molecule has 0 heterocycles. The first-order valence-electron chi connectivity index (χ1n) is 7.29. The predicted molar refractivity (Wildman–Crippen MR) is 91.1 cm³/mol. The van der Waals surface area contributed by atoms with E-state index in [0.29, 0.717) is 17.0 Å². The number of halogens is 1. The molecule has 2 rings (SSSR count). The van der Waals surface area contributed by atoms with E-state index in [-0.39, 0.29) is 12.5 Å². The van der Waals surface area contributed by atoms with Gasteiger partial charge in [0, 0.05) is 23.6 Å². The molecule has 0 radical (unpaired) electrons. The average molecular weight is 334 g/mol. The summed E-state index contributed by atoms with van der Waals surface area (Å²) in [6.45, 7) is 1.83. The zero-order valence-electron chi connectivity index (χ0n) is 13.2. The summed E-state index contributed by atoms with van der Waals surface area (Å²) < 4.78 is 5.11. The number of nitrogens with one attached hydrogen (secondary N) is 1. The molecule has 0 unspecified atom stereocenters. The van der Waals surface area contributed by atoms with Crippen molar-refractivity contribution in [3.05, 3.63) is 64.7 Å². The second-order valence-electron chi connectivity index (χ2n) is 5.71. The smallest absolute Gasteiger partial charge is 0.251 e. The summed E-state index contributed by atoms with van der Waals surface area (Å²) in [7, 11) is 1.61. The van der Waals surface area contributed by atoms with Crippen LogP contribution in [0.15, 0.2) is 48.5 Å². The van der Waals surface area contributed by atoms with Crippen LogP contribution in [-0.2, 0) is 6.42 Å². The Morgan fingerprint density at radius 2 is 1.96 bits per heavy atom. The summed E-state index contributed by atoms with van der Waals surface area (Å²) in [5, 5.41) is 13.7. The van der Waals surface area contributed by atoms with Crippen molar-refractivity contribution in [3.63, 3.8) is 0 Å². The van der Waals surface area contributed by atoms with Crippen LogP contribution in [0, 0.1) is 0 Å². The van der Waals surface area contributed by atoms with Crippen molar-refractivity contribution in [2.24, 2.45) is 0 Å². The minimum atomic E-state index is -1.05. The van der Waals surface area contributed by atoms with Gasteiger partial charge in [-0.1, -0.05) is 29.8 Å². The normalized spacial score (nSPS) is 13.2. The number of carbonyl (C=O) groups excluding carboxylic acids is 1. The van der Waals surface area contributed by atoms with Gasteiger partial charge in [0.15, 0.2) is 0 Å². The maximum absolute atomic E-state index is 12.1. The van der Waals surface area contributed by atoms with Crippen LogP contribution in [0.25, 0.3) is 0 Å². The van der Waals surface area contributed by atoms with E-state index in [1.54, 1.807) is 38.3 Å². The van der Waals surface area contributed by atoms with Gasteiger partial charge in [0.05, 0.1) is 12.7 Å². The maximum atomic E-state index is 12.1. The van der Waals surface area contributed by atoms with Gasteiger partial charge < -0.3 is 15.2 Å². The third kappa shape index (κ3) is 5.27. The largest absolute Gasteiger partial charge is 0.497 e. The number of hydrogen-bond acceptors (Lipinski definition) is 3. The summed E-state index contributed by atoms with van der Waals surface area (Å²) in [5.74, 6) is 0.505. The second-order valence-corrected chi connectivity index (χ2v) is 6.15. The van der Waals surface area contributed by atoms with E-state index < -0.39 is 5.60 Å². The molecule has 0 aliphatic heterocycles. The van der Waals surface area contributed by atoms with Crippen LogP contribution >= 0.6 is 11.6 Å². The lowest BCUT2D eigenvalue weighted by atomic mass is 9.96. The number of benzene rings is 2. The van der Waals surface area contributed by atoms with Gasteiger partial charge in [0.1, 0.15) is 5.75 Å². The van der Waals surface area contributed by atoms with Crippen LogP contribution < -0.4 is 10.1 Å². The van der Waals surface area contributed by atoms with Crippen LogP contribution in [0.3, 0.4) is 0 Å². The molecule has 0 aliphatic carbocycles. The number of aliphatic hydroxyl groups is 1. The van der Waals surface area contributed by atoms with Gasteiger partial charge in [0.25, 0.3) is 5.91 Å². The maximum Gasteiger partial charge on any atom is 0.251 e. The highest BCUT2D eigenvalue weighted by atomic mass is 35.5.